The van der Waals surface area contributed by atoms with Crippen LogP contribution >= 0.6 is 0 Å². The Balaban J connectivity index is 1.80. The maximum absolute atomic E-state index is 9.87. The van der Waals surface area contributed by atoms with E-state index in [1.54, 1.807) is 0 Å². The van der Waals surface area contributed by atoms with Gasteiger partial charge in [-0.1, -0.05) is 0 Å². The predicted octanol–water partition coefficient (Wildman–Crippen LogP) is 1.09. The molecule has 2 rings (SSSR count). The molecule has 4 nitrogen and oxygen atoms in total. The van der Waals surface area contributed by atoms with Gasteiger partial charge in [0.05, 0.1) is 6.10 Å². The SMILES string of the molecule is CCOC(CN1CC2CCC(O)C2C1)OCC. The van der Waals surface area contributed by atoms with E-state index >= 15 is 0 Å². The highest BCUT2D eigenvalue weighted by Crippen LogP contribution is 2.38. The third kappa shape index (κ3) is 3.19. The number of aliphatic hydroxyl groups excluding tert-OH is 1. The van der Waals surface area contributed by atoms with Gasteiger partial charge in [-0.05, 0) is 32.6 Å². The highest BCUT2D eigenvalue weighted by atomic mass is 16.7. The van der Waals surface area contributed by atoms with Gasteiger partial charge in [0.1, 0.15) is 0 Å². The first-order valence-electron chi connectivity index (χ1n) is 6.88. The highest BCUT2D eigenvalue weighted by molar-refractivity contribution is 4.93. The van der Waals surface area contributed by atoms with E-state index in [1.807, 2.05) is 13.8 Å². The van der Waals surface area contributed by atoms with Crippen molar-refractivity contribution in [1.82, 2.24) is 4.90 Å². The van der Waals surface area contributed by atoms with E-state index in [4.69, 9.17) is 9.47 Å². The van der Waals surface area contributed by atoms with Gasteiger partial charge in [-0.2, -0.15) is 0 Å². The number of hydrogen-bond acceptors (Lipinski definition) is 4. The summed E-state index contributed by atoms with van der Waals surface area (Å²) in [5, 5.41) is 9.87. The third-order valence-electron chi connectivity index (χ3n) is 4.01. The molecule has 0 spiro atoms. The largest absolute Gasteiger partial charge is 0.393 e. The fourth-order valence-electron chi connectivity index (χ4n) is 3.21. The molecule has 0 aromatic carbocycles. The summed E-state index contributed by atoms with van der Waals surface area (Å²) < 4.78 is 11.1. The molecule has 2 aliphatic rings. The van der Waals surface area contributed by atoms with Crippen LogP contribution in [0.3, 0.4) is 0 Å². The minimum atomic E-state index is -0.110. The zero-order valence-electron chi connectivity index (χ0n) is 11.0. The summed E-state index contributed by atoms with van der Waals surface area (Å²) in [5.74, 6) is 1.17. The van der Waals surface area contributed by atoms with E-state index in [9.17, 15) is 5.11 Å². The fourth-order valence-corrected chi connectivity index (χ4v) is 3.21. The van der Waals surface area contributed by atoms with Crippen molar-refractivity contribution in [3.8, 4) is 0 Å². The second-order valence-corrected chi connectivity index (χ2v) is 5.13. The van der Waals surface area contributed by atoms with E-state index in [2.05, 4.69) is 4.90 Å². The Labute approximate surface area is 104 Å². The van der Waals surface area contributed by atoms with Crippen LogP contribution in [0.4, 0.5) is 0 Å². The Morgan fingerprint density at radius 1 is 1.18 bits per heavy atom. The van der Waals surface area contributed by atoms with Crippen LogP contribution in [0.5, 0.6) is 0 Å². The normalized spacial score (nSPS) is 33.5. The maximum Gasteiger partial charge on any atom is 0.170 e. The lowest BCUT2D eigenvalue weighted by atomic mass is 10.00. The number of fused-ring (bicyclic) bond motifs is 1. The zero-order valence-corrected chi connectivity index (χ0v) is 11.0. The summed E-state index contributed by atoms with van der Waals surface area (Å²) in [6.07, 6.45) is 1.98. The number of ether oxygens (including phenoxy) is 2. The van der Waals surface area contributed by atoms with Crippen molar-refractivity contribution < 1.29 is 14.6 Å². The summed E-state index contributed by atoms with van der Waals surface area (Å²) >= 11 is 0. The first-order chi connectivity index (χ1) is 8.24. The molecule has 0 amide bonds. The molecule has 3 atom stereocenters. The van der Waals surface area contributed by atoms with Gasteiger partial charge < -0.3 is 14.6 Å². The molecule has 1 heterocycles. The molecule has 100 valence electrons. The smallest absolute Gasteiger partial charge is 0.170 e. The van der Waals surface area contributed by atoms with Crippen LogP contribution in [-0.4, -0.2) is 55.2 Å². The number of aliphatic hydroxyl groups is 1. The molecule has 0 aromatic heterocycles. The average molecular weight is 243 g/mol. The van der Waals surface area contributed by atoms with Gasteiger partial charge in [-0.25, -0.2) is 0 Å². The molecule has 1 aliphatic carbocycles. The summed E-state index contributed by atoms with van der Waals surface area (Å²) in [6, 6.07) is 0. The Bertz CT molecular complexity index is 231. The number of likely N-dealkylation sites (tertiary alicyclic amines) is 1. The fraction of sp³-hybridized carbons (Fsp3) is 1.00. The Morgan fingerprint density at radius 3 is 2.47 bits per heavy atom. The molecule has 2 fully saturated rings. The van der Waals surface area contributed by atoms with Crippen molar-refractivity contribution in [1.29, 1.82) is 0 Å². The van der Waals surface area contributed by atoms with Crippen LogP contribution in [0.2, 0.25) is 0 Å². The average Bonchev–Trinajstić information content (AvgIpc) is 2.82. The first kappa shape index (κ1) is 13.3. The van der Waals surface area contributed by atoms with Crippen molar-refractivity contribution in [3.05, 3.63) is 0 Å². The van der Waals surface area contributed by atoms with Crippen molar-refractivity contribution in [2.24, 2.45) is 11.8 Å². The molecule has 1 N–H and O–H groups in total. The standard InChI is InChI=1S/C13H25NO3/c1-3-16-13(17-4-2)9-14-7-10-5-6-12(15)11(10)8-14/h10-13,15H,3-9H2,1-2H3. The van der Waals surface area contributed by atoms with Gasteiger partial charge in [0.2, 0.25) is 0 Å². The first-order valence-corrected chi connectivity index (χ1v) is 6.88. The van der Waals surface area contributed by atoms with Crippen LogP contribution in [0.1, 0.15) is 26.7 Å². The zero-order chi connectivity index (χ0) is 12.3. The molecule has 3 unspecified atom stereocenters. The molecule has 0 bridgehead atoms. The monoisotopic (exact) mass is 243 g/mol. The summed E-state index contributed by atoms with van der Waals surface area (Å²) in [7, 11) is 0. The van der Waals surface area contributed by atoms with Gasteiger partial charge >= 0.3 is 0 Å². The lowest BCUT2D eigenvalue weighted by Gasteiger charge is -2.24. The molecular formula is C13H25NO3. The molecule has 0 radical (unpaired) electrons. The second kappa shape index (κ2) is 6.14. The quantitative estimate of drug-likeness (QED) is 0.709. The van der Waals surface area contributed by atoms with Crippen molar-refractivity contribution in [2.75, 3.05) is 32.8 Å². The van der Waals surface area contributed by atoms with E-state index in [0.29, 0.717) is 25.0 Å². The minimum absolute atomic E-state index is 0.0809. The van der Waals surface area contributed by atoms with E-state index in [-0.39, 0.29) is 12.4 Å². The number of hydrogen-bond donors (Lipinski definition) is 1. The molecule has 17 heavy (non-hydrogen) atoms. The van der Waals surface area contributed by atoms with E-state index < -0.39 is 0 Å². The highest BCUT2D eigenvalue weighted by Gasteiger charge is 2.42. The molecule has 1 aliphatic heterocycles. The van der Waals surface area contributed by atoms with E-state index in [0.717, 1.165) is 26.1 Å². The van der Waals surface area contributed by atoms with Gasteiger partial charge in [-0.3, -0.25) is 4.90 Å². The molecule has 0 aromatic rings. The Hall–Kier alpha value is -0.160. The number of rotatable bonds is 6. The third-order valence-corrected chi connectivity index (χ3v) is 4.01. The van der Waals surface area contributed by atoms with Crippen LogP contribution in [-0.2, 0) is 9.47 Å². The molecular weight excluding hydrogens is 218 g/mol. The van der Waals surface area contributed by atoms with E-state index in [1.165, 1.54) is 6.42 Å². The molecule has 4 heteroatoms. The van der Waals surface area contributed by atoms with Gasteiger partial charge in [-0.15, -0.1) is 0 Å². The van der Waals surface area contributed by atoms with Gasteiger partial charge in [0.15, 0.2) is 6.29 Å². The van der Waals surface area contributed by atoms with Crippen LogP contribution in [0.15, 0.2) is 0 Å². The lowest BCUT2D eigenvalue weighted by molar-refractivity contribution is -0.146. The van der Waals surface area contributed by atoms with Crippen molar-refractivity contribution in [2.45, 2.75) is 39.1 Å². The van der Waals surface area contributed by atoms with Gasteiger partial charge in [0.25, 0.3) is 0 Å². The van der Waals surface area contributed by atoms with Crippen LogP contribution in [0, 0.1) is 11.8 Å². The Morgan fingerprint density at radius 2 is 1.88 bits per heavy atom. The van der Waals surface area contributed by atoms with Crippen LogP contribution < -0.4 is 0 Å². The molecule has 1 saturated heterocycles. The predicted molar refractivity (Wildman–Crippen MR) is 65.7 cm³/mol. The molecule has 1 saturated carbocycles. The Kier molecular flexibility index (Phi) is 4.79. The second-order valence-electron chi connectivity index (χ2n) is 5.13. The number of nitrogens with zero attached hydrogens (tertiary/aromatic N) is 1. The maximum atomic E-state index is 9.87. The van der Waals surface area contributed by atoms with Gasteiger partial charge in [0, 0.05) is 38.8 Å². The minimum Gasteiger partial charge on any atom is -0.393 e. The van der Waals surface area contributed by atoms with Crippen LogP contribution in [0.25, 0.3) is 0 Å². The topological polar surface area (TPSA) is 41.9 Å². The lowest BCUT2D eigenvalue weighted by Crippen LogP contribution is -2.35. The summed E-state index contributed by atoms with van der Waals surface area (Å²) in [5.41, 5.74) is 0. The van der Waals surface area contributed by atoms with Crippen molar-refractivity contribution in [3.63, 3.8) is 0 Å². The summed E-state index contributed by atoms with van der Waals surface area (Å²) in [6.45, 7) is 8.30. The summed E-state index contributed by atoms with van der Waals surface area (Å²) in [4.78, 5) is 2.38. The van der Waals surface area contributed by atoms with Crippen molar-refractivity contribution >= 4 is 0 Å².